The van der Waals surface area contributed by atoms with Crippen LogP contribution in [-0.2, 0) is 13.1 Å². The van der Waals surface area contributed by atoms with E-state index in [1.807, 2.05) is 48.3 Å². The van der Waals surface area contributed by atoms with E-state index in [1.165, 1.54) is 11.3 Å². The minimum Gasteiger partial charge on any atom is -0.319 e. The van der Waals surface area contributed by atoms with Gasteiger partial charge in [-0.25, -0.2) is 0 Å². The van der Waals surface area contributed by atoms with Crippen molar-refractivity contribution in [3.63, 3.8) is 0 Å². The van der Waals surface area contributed by atoms with E-state index in [4.69, 9.17) is 11.6 Å². The SMILES string of the molecule is CCn1ncc(Cn2cc(NC(=O)c3sc4ccccc4c3Cl)cn2)c1C. The molecule has 1 N–H and O–H groups in total. The van der Waals surface area contributed by atoms with Gasteiger partial charge in [0.1, 0.15) is 4.88 Å². The average molecular weight is 400 g/mol. The lowest BCUT2D eigenvalue weighted by Crippen LogP contribution is -2.10. The molecule has 8 heteroatoms. The Balaban J connectivity index is 1.50. The third-order valence-corrected chi connectivity index (χ3v) is 6.14. The Morgan fingerprint density at radius 2 is 2.07 bits per heavy atom. The fraction of sp³-hybridized carbons (Fsp3) is 0.211. The van der Waals surface area contributed by atoms with Crippen molar-refractivity contribution in [3.8, 4) is 0 Å². The first-order valence-corrected chi connectivity index (χ1v) is 9.78. The van der Waals surface area contributed by atoms with E-state index >= 15 is 0 Å². The fourth-order valence-electron chi connectivity index (χ4n) is 3.00. The lowest BCUT2D eigenvalue weighted by Gasteiger charge is -2.03. The smallest absolute Gasteiger partial charge is 0.267 e. The molecule has 3 heterocycles. The molecule has 1 aromatic carbocycles. The number of halogens is 1. The topological polar surface area (TPSA) is 64.7 Å². The molecule has 0 fully saturated rings. The van der Waals surface area contributed by atoms with Gasteiger partial charge in [0.25, 0.3) is 5.91 Å². The zero-order valence-corrected chi connectivity index (χ0v) is 16.5. The summed E-state index contributed by atoms with van der Waals surface area (Å²) in [4.78, 5) is 13.1. The van der Waals surface area contributed by atoms with E-state index in [2.05, 4.69) is 22.4 Å². The summed E-state index contributed by atoms with van der Waals surface area (Å²) >= 11 is 7.77. The Bertz CT molecular complexity index is 1130. The van der Waals surface area contributed by atoms with Crippen LogP contribution in [0.4, 0.5) is 5.69 Å². The number of aryl methyl sites for hydroxylation is 1. The fourth-order valence-corrected chi connectivity index (χ4v) is 4.41. The van der Waals surface area contributed by atoms with Crippen LogP contribution in [0.3, 0.4) is 0 Å². The molecule has 0 saturated heterocycles. The summed E-state index contributed by atoms with van der Waals surface area (Å²) in [5.41, 5.74) is 2.86. The molecule has 0 unspecified atom stereocenters. The molecule has 4 rings (SSSR count). The third kappa shape index (κ3) is 3.36. The van der Waals surface area contributed by atoms with E-state index in [0.717, 1.165) is 27.9 Å². The number of benzene rings is 1. The highest BCUT2D eigenvalue weighted by Crippen LogP contribution is 2.35. The van der Waals surface area contributed by atoms with Gasteiger partial charge < -0.3 is 5.32 Å². The van der Waals surface area contributed by atoms with E-state index in [-0.39, 0.29) is 5.91 Å². The van der Waals surface area contributed by atoms with Crippen molar-refractivity contribution < 1.29 is 4.79 Å². The van der Waals surface area contributed by atoms with Crippen LogP contribution in [0.15, 0.2) is 42.9 Å². The number of thiophene rings is 1. The van der Waals surface area contributed by atoms with E-state index in [9.17, 15) is 4.79 Å². The van der Waals surface area contributed by atoms with Crippen LogP contribution in [0.25, 0.3) is 10.1 Å². The van der Waals surface area contributed by atoms with Gasteiger partial charge >= 0.3 is 0 Å². The highest BCUT2D eigenvalue weighted by atomic mass is 35.5. The summed E-state index contributed by atoms with van der Waals surface area (Å²) < 4.78 is 4.73. The Labute approximate surface area is 165 Å². The number of hydrogen-bond acceptors (Lipinski definition) is 4. The Morgan fingerprint density at radius 1 is 1.26 bits per heavy atom. The maximum absolute atomic E-state index is 12.6. The molecule has 0 saturated carbocycles. The number of aromatic nitrogens is 4. The Morgan fingerprint density at radius 3 is 2.81 bits per heavy atom. The maximum atomic E-state index is 12.6. The molecule has 27 heavy (non-hydrogen) atoms. The maximum Gasteiger partial charge on any atom is 0.267 e. The molecule has 0 atom stereocenters. The number of carbonyl (C=O) groups excluding carboxylic acids is 1. The number of anilines is 1. The van der Waals surface area contributed by atoms with Gasteiger partial charge in [-0.3, -0.25) is 14.2 Å². The summed E-state index contributed by atoms with van der Waals surface area (Å²) in [6, 6.07) is 7.72. The highest BCUT2D eigenvalue weighted by Gasteiger charge is 2.17. The van der Waals surface area contributed by atoms with Crippen molar-refractivity contribution in [3.05, 3.63) is 64.0 Å². The summed E-state index contributed by atoms with van der Waals surface area (Å²) in [5, 5.41) is 12.9. The molecular formula is C19H18ClN5OS. The second-order valence-electron chi connectivity index (χ2n) is 6.19. The first-order valence-electron chi connectivity index (χ1n) is 8.59. The van der Waals surface area contributed by atoms with Gasteiger partial charge in [0.15, 0.2) is 0 Å². The zero-order chi connectivity index (χ0) is 19.0. The van der Waals surface area contributed by atoms with Crippen LogP contribution in [-0.4, -0.2) is 25.5 Å². The second-order valence-corrected chi connectivity index (χ2v) is 7.62. The minimum atomic E-state index is -0.226. The molecule has 0 aliphatic carbocycles. The van der Waals surface area contributed by atoms with Gasteiger partial charge in [0, 0.05) is 34.1 Å². The quantitative estimate of drug-likeness (QED) is 0.534. The third-order valence-electron chi connectivity index (χ3n) is 4.47. The minimum absolute atomic E-state index is 0.226. The second kappa shape index (κ2) is 7.17. The summed E-state index contributed by atoms with van der Waals surface area (Å²) in [7, 11) is 0. The van der Waals surface area contributed by atoms with Gasteiger partial charge in [0.2, 0.25) is 0 Å². The molecule has 0 aliphatic heterocycles. The van der Waals surface area contributed by atoms with Crippen molar-refractivity contribution in [1.82, 2.24) is 19.6 Å². The predicted octanol–water partition coefficient (Wildman–Crippen LogP) is 4.58. The van der Waals surface area contributed by atoms with Crippen LogP contribution >= 0.6 is 22.9 Å². The summed E-state index contributed by atoms with van der Waals surface area (Å²) in [6.07, 6.45) is 5.30. The largest absolute Gasteiger partial charge is 0.319 e. The van der Waals surface area contributed by atoms with Gasteiger partial charge in [-0.15, -0.1) is 11.3 Å². The Hall–Kier alpha value is -2.64. The molecule has 6 nitrogen and oxygen atoms in total. The van der Waals surface area contributed by atoms with E-state index in [0.29, 0.717) is 22.1 Å². The van der Waals surface area contributed by atoms with Crippen LogP contribution < -0.4 is 5.32 Å². The number of fused-ring (bicyclic) bond motifs is 1. The summed E-state index contributed by atoms with van der Waals surface area (Å²) in [5.74, 6) is -0.226. The molecular weight excluding hydrogens is 382 g/mol. The van der Waals surface area contributed by atoms with Crippen molar-refractivity contribution in [2.45, 2.75) is 26.9 Å². The number of nitrogens with one attached hydrogen (secondary N) is 1. The van der Waals surface area contributed by atoms with Crippen molar-refractivity contribution in [2.75, 3.05) is 5.32 Å². The molecule has 4 aromatic rings. The standard InChI is InChI=1S/C19H18ClN5OS/c1-3-25-12(2)13(8-22-25)10-24-11-14(9-21-24)23-19(26)18-17(20)15-6-4-5-7-16(15)27-18/h4-9,11H,3,10H2,1-2H3,(H,23,26). The molecule has 3 aromatic heterocycles. The monoisotopic (exact) mass is 399 g/mol. The number of hydrogen-bond donors (Lipinski definition) is 1. The molecule has 138 valence electrons. The molecule has 0 radical (unpaired) electrons. The van der Waals surface area contributed by atoms with Gasteiger partial charge in [-0.1, -0.05) is 29.8 Å². The first-order chi connectivity index (χ1) is 13.1. The van der Waals surface area contributed by atoms with Gasteiger partial charge in [0.05, 0.1) is 29.6 Å². The van der Waals surface area contributed by atoms with Crippen molar-refractivity contribution >= 4 is 44.6 Å². The van der Waals surface area contributed by atoms with Crippen LogP contribution in [0, 0.1) is 6.92 Å². The van der Waals surface area contributed by atoms with Gasteiger partial charge in [-0.05, 0) is 19.9 Å². The van der Waals surface area contributed by atoms with Crippen molar-refractivity contribution in [2.24, 2.45) is 0 Å². The predicted molar refractivity (Wildman–Crippen MR) is 109 cm³/mol. The van der Waals surface area contributed by atoms with Crippen LogP contribution in [0.1, 0.15) is 27.9 Å². The normalized spacial score (nSPS) is 11.2. The number of amides is 1. The zero-order valence-electron chi connectivity index (χ0n) is 14.9. The lowest BCUT2D eigenvalue weighted by molar-refractivity contribution is 0.103. The first kappa shape index (κ1) is 17.8. The number of rotatable bonds is 5. The molecule has 1 amide bonds. The molecule has 0 bridgehead atoms. The van der Waals surface area contributed by atoms with Crippen LogP contribution in [0.2, 0.25) is 5.02 Å². The number of carbonyl (C=O) groups is 1. The van der Waals surface area contributed by atoms with E-state index in [1.54, 1.807) is 10.9 Å². The van der Waals surface area contributed by atoms with Crippen LogP contribution in [0.5, 0.6) is 0 Å². The average Bonchev–Trinajstić information content (AvgIpc) is 3.35. The molecule has 0 spiro atoms. The highest BCUT2D eigenvalue weighted by molar-refractivity contribution is 7.21. The van der Waals surface area contributed by atoms with E-state index < -0.39 is 0 Å². The Kier molecular flexibility index (Phi) is 4.72. The molecule has 0 aliphatic rings. The van der Waals surface area contributed by atoms with Crippen molar-refractivity contribution in [1.29, 1.82) is 0 Å². The van der Waals surface area contributed by atoms with Gasteiger partial charge in [-0.2, -0.15) is 10.2 Å². The number of nitrogens with zero attached hydrogens (tertiary/aromatic N) is 4. The summed E-state index contributed by atoms with van der Waals surface area (Å²) in [6.45, 7) is 5.54. The lowest BCUT2D eigenvalue weighted by atomic mass is 10.2.